The maximum Gasteiger partial charge on any atom is 0.253 e. The van der Waals surface area contributed by atoms with Crippen molar-refractivity contribution in [1.29, 1.82) is 0 Å². The summed E-state index contributed by atoms with van der Waals surface area (Å²) in [5.41, 5.74) is 0.563. The van der Waals surface area contributed by atoms with Gasteiger partial charge < -0.3 is 15.3 Å². The summed E-state index contributed by atoms with van der Waals surface area (Å²) in [7, 11) is 0. The number of aromatic nitrogens is 1. The lowest BCUT2D eigenvalue weighted by Gasteiger charge is -2.16. The first kappa shape index (κ1) is 13.8. The van der Waals surface area contributed by atoms with Crippen molar-refractivity contribution in [3.8, 4) is 0 Å². The van der Waals surface area contributed by atoms with Gasteiger partial charge in [0.1, 0.15) is 5.82 Å². The largest absolute Gasteiger partial charge is 0.396 e. The monoisotopic (exact) mass is 263 g/mol. The van der Waals surface area contributed by atoms with Crippen molar-refractivity contribution in [1.82, 2.24) is 10.3 Å². The first-order valence-corrected chi connectivity index (χ1v) is 6.83. The van der Waals surface area contributed by atoms with Gasteiger partial charge in [-0.25, -0.2) is 4.98 Å². The van der Waals surface area contributed by atoms with Crippen LogP contribution in [0, 0.1) is 0 Å². The van der Waals surface area contributed by atoms with Gasteiger partial charge in [0.2, 0.25) is 0 Å². The lowest BCUT2D eigenvalue weighted by molar-refractivity contribution is 0.0934. The molecule has 0 radical (unpaired) electrons. The second-order valence-corrected chi connectivity index (χ2v) is 4.99. The molecule has 2 rings (SSSR count). The van der Waals surface area contributed by atoms with E-state index in [0.29, 0.717) is 12.0 Å². The Balaban J connectivity index is 1.95. The Bertz CT molecular complexity index is 413. The summed E-state index contributed by atoms with van der Waals surface area (Å²) in [5.74, 6) is 0.805. The van der Waals surface area contributed by atoms with Crippen LogP contribution in [0.5, 0.6) is 0 Å². The fraction of sp³-hybridized carbons (Fsp3) is 0.571. The van der Waals surface area contributed by atoms with E-state index in [0.717, 1.165) is 18.9 Å². The summed E-state index contributed by atoms with van der Waals surface area (Å²) in [4.78, 5) is 18.5. The Labute approximate surface area is 113 Å². The molecule has 1 aromatic rings. The topological polar surface area (TPSA) is 65.5 Å². The number of pyridine rings is 1. The second-order valence-electron chi connectivity index (χ2n) is 4.99. The predicted octanol–water partition coefficient (Wildman–Crippen LogP) is 1.18. The van der Waals surface area contributed by atoms with Crippen molar-refractivity contribution in [2.24, 2.45) is 0 Å². The number of anilines is 1. The zero-order chi connectivity index (χ0) is 13.7. The van der Waals surface area contributed by atoms with Gasteiger partial charge in [-0.2, -0.15) is 0 Å². The molecule has 2 heterocycles. The molecule has 1 aromatic heterocycles. The molecule has 2 N–H and O–H groups in total. The molecule has 0 aliphatic carbocycles. The smallest absolute Gasteiger partial charge is 0.253 e. The van der Waals surface area contributed by atoms with Gasteiger partial charge in [0.25, 0.3) is 5.91 Å². The Morgan fingerprint density at radius 1 is 1.47 bits per heavy atom. The zero-order valence-corrected chi connectivity index (χ0v) is 11.3. The quantitative estimate of drug-likeness (QED) is 0.837. The van der Waals surface area contributed by atoms with Gasteiger partial charge in [-0.05, 0) is 38.3 Å². The van der Waals surface area contributed by atoms with Crippen molar-refractivity contribution >= 4 is 11.7 Å². The maximum atomic E-state index is 11.9. The summed E-state index contributed by atoms with van der Waals surface area (Å²) >= 11 is 0. The third-order valence-corrected chi connectivity index (χ3v) is 3.38. The minimum Gasteiger partial charge on any atom is -0.396 e. The average molecular weight is 263 g/mol. The van der Waals surface area contributed by atoms with E-state index in [-0.39, 0.29) is 18.6 Å². The Hall–Kier alpha value is -1.62. The predicted molar refractivity (Wildman–Crippen MR) is 74.3 cm³/mol. The first-order valence-electron chi connectivity index (χ1n) is 6.83. The van der Waals surface area contributed by atoms with E-state index >= 15 is 0 Å². The van der Waals surface area contributed by atoms with E-state index in [2.05, 4.69) is 15.2 Å². The van der Waals surface area contributed by atoms with Crippen LogP contribution < -0.4 is 10.2 Å². The minimum atomic E-state index is -0.138. The number of aliphatic hydroxyl groups excluding tert-OH is 1. The molecule has 0 spiro atoms. The molecule has 5 heteroatoms. The van der Waals surface area contributed by atoms with Crippen LogP contribution in [-0.4, -0.2) is 41.7 Å². The molecule has 1 aliphatic rings. The summed E-state index contributed by atoms with van der Waals surface area (Å²) in [6.07, 6.45) is 4.60. The van der Waals surface area contributed by atoms with E-state index < -0.39 is 0 Å². The number of nitrogens with one attached hydrogen (secondary N) is 1. The molecule has 1 fully saturated rings. The summed E-state index contributed by atoms with van der Waals surface area (Å²) in [6.45, 7) is 4.05. The fourth-order valence-corrected chi connectivity index (χ4v) is 2.23. The molecule has 0 saturated carbocycles. The SMILES string of the molecule is CC(CCO)NC(=O)c1ccc(N2CCCC2)nc1. The number of carbonyl (C=O) groups is 1. The average Bonchev–Trinajstić information content (AvgIpc) is 2.93. The van der Waals surface area contributed by atoms with Crippen LogP contribution in [0.4, 0.5) is 5.82 Å². The molecule has 1 aliphatic heterocycles. The highest BCUT2D eigenvalue weighted by Gasteiger charge is 2.14. The van der Waals surface area contributed by atoms with Crippen LogP contribution in [0.25, 0.3) is 0 Å². The van der Waals surface area contributed by atoms with Crippen LogP contribution in [0.15, 0.2) is 18.3 Å². The molecular weight excluding hydrogens is 242 g/mol. The molecule has 0 aromatic carbocycles. The van der Waals surface area contributed by atoms with Gasteiger partial charge in [-0.15, -0.1) is 0 Å². The number of amides is 1. The lowest BCUT2D eigenvalue weighted by atomic mass is 10.2. The molecule has 104 valence electrons. The van der Waals surface area contributed by atoms with Gasteiger partial charge in [0.05, 0.1) is 5.56 Å². The van der Waals surface area contributed by atoms with Crippen LogP contribution in [0.1, 0.15) is 36.5 Å². The van der Waals surface area contributed by atoms with Gasteiger partial charge >= 0.3 is 0 Å². The van der Waals surface area contributed by atoms with Crippen molar-refractivity contribution in [3.05, 3.63) is 23.9 Å². The Morgan fingerprint density at radius 2 is 2.21 bits per heavy atom. The molecule has 1 amide bonds. The van der Waals surface area contributed by atoms with Crippen LogP contribution >= 0.6 is 0 Å². The number of carbonyl (C=O) groups excluding carboxylic acids is 1. The normalized spacial score (nSPS) is 16.4. The van der Waals surface area contributed by atoms with Gasteiger partial charge in [0.15, 0.2) is 0 Å². The molecule has 19 heavy (non-hydrogen) atoms. The highest BCUT2D eigenvalue weighted by Crippen LogP contribution is 2.17. The number of aliphatic hydroxyl groups is 1. The van der Waals surface area contributed by atoms with Gasteiger partial charge in [0, 0.05) is 31.9 Å². The van der Waals surface area contributed by atoms with Crippen LogP contribution in [-0.2, 0) is 0 Å². The van der Waals surface area contributed by atoms with Gasteiger partial charge in [-0.1, -0.05) is 0 Å². The van der Waals surface area contributed by atoms with Crippen molar-refractivity contribution < 1.29 is 9.90 Å². The highest BCUT2D eigenvalue weighted by molar-refractivity contribution is 5.94. The zero-order valence-electron chi connectivity index (χ0n) is 11.3. The Kier molecular flexibility index (Phi) is 4.74. The molecule has 1 saturated heterocycles. The summed E-state index contributed by atoms with van der Waals surface area (Å²) in [5, 5.41) is 11.6. The van der Waals surface area contributed by atoms with Crippen LogP contribution in [0.3, 0.4) is 0 Å². The highest BCUT2D eigenvalue weighted by atomic mass is 16.3. The van der Waals surface area contributed by atoms with E-state index in [1.807, 2.05) is 19.1 Å². The maximum absolute atomic E-state index is 11.9. The van der Waals surface area contributed by atoms with E-state index in [9.17, 15) is 4.79 Å². The lowest BCUT2D eigenvalue weighted by Crippen LogP contribution is -2.33. The number of nitrogens with zero attached hydrogens (tertiary/aromatic N) is 2. The van der Waals surface area contributed by atoms with Crippen LogP contribution in [0.2, 0.25) is 0 Å². The third-order valence-electron chi connectivity index (χ3n) is 3.38. The molecule has 1 unspecified atom stereocenters. The van der Waals surface area contributed by atoms with E-state index in [1.165, 1.54) is 12.8 Å². The second kappa shape index (κ2) is 6.52. The molecule has 1 atom stereocenters. The third kappa shape index (κ3) is 3.67. The standard InChI is InChI=1S/C14H21N3O2/c1-11(6-9-18)16-14(19)12-4-5-13(15-10-12)17-7-2-3-8-17/h4-5,10-11,18H,2-3,6-9H2,1H3,(H,16,19). The van der Waals surface area contributed by atoms with Crippen molar-refractivity contribution in [2.75, 3.05) is 24.6 Å². The van der Waals surface area contributed by atoms with E-state index in [1.54, 1.807) is 6.20 Å². The minimum absolute atomic E-state index is 0.0317. The summed E-state index contributed by atoms with van der Waals surface area (Å²) < 4.78 is 0. The Morgan fingerprint density at radius 3 is 2.79 bits per heavy atom. The molecule has 5 nitrogen and oxygen atoms in total. The summed E-state index contributed by atoms with van der Waals surface area (Å²) in [6, 6.07) is 3.68. The number of hydrogen-bond donors (Lipinski definition) is 2. The molecular formula is C14H21N3O2. The fourth-order valence-electron chi connectivity index (χ4n) is 2.23. The number of rotatable bonds is 5. The van der Waals surface area contributed by atoms with Crippen molar-refractivity contribution in [3.63, 3.8) is 0 Å². The number of hydrogen-bond acceptors (Lipinski definition) is 4. The van der Waals surface area contributed by atoms with Crippen molar-refractivity contribution in [2.45, 2.75) is 32.2 Å². The first-order chi connectivity index (χ1) is 9.20. The van der Waals surface area contributed by atoms with Gasteiger partial charge in [-0.3, -0.25) is 4.79 Å². The van der Waals surface area contributed by atoms with E-state index in [4.69, 9.17) is 5.11 Å². The molecule has 0 bridgehead atoms.